The molecular weight excluding hydrogens is 479 g/mol. The highest BCUT2D eigenvalue weighted by Crippen LogP contribution is 2.50. The maximum absolute atomic E-state index is 14.7. The first-order valence-electron chi connectivity index (χ1n) is 10.4. The van der Waals surface area contributed by atoms with Crippen molar-refractivity contribution < 1.29 is 45.8 Å². The van der Waals surface area contributed by atoms with Gasteiger partial charge >= 0.3 is 12.3 Å². The van der Waals surface area contributed by atoms with Crippen LogP contribution in [0.25, 0.3) is 11.1 Å². The highest BCUT2D eigenvalue weighted by molar-refractivity contribution is 5.99. The molecule has 2 aliphatic rings. The van der Waals surface area contributed by atoms with Crippen molar-refractivity contribution in [2.45, 2.75) is 30.9 Å². The molecule has 186 valence electrons. The van der Waals surface area contributed by atoms with E-state index in [9.17, 15) is 36.3 Å². The molecule has 1 aliphatic heterocycles. The summed E-state index contributed by atoms with van der Waals surface area (Å²) in [5.74, 6) is -5.73. The van der Waals surface area contributed by atoms with Crippen molar-refractivity contribution in [2.75, 3.05) is 20.2 Å². The van der Waals surface area contributed by atoms with Gasteiger partial charge in [-0.2, -0.15) is 8.78 Å². The number of hydrogen-bond donors (Lipinski definition) is 1. The molecule has 1 heterocycles. The van der Waals surface area contributed by atoms with Crippen LogP contribution in [0.1, 0.15) is 27.9 Å². The van der Waals surface area contributed by atoms with Gasteiger partial charge in [-0.15, -0.1) is 13.2 Å². The molecule has 1 aliphatic carbocycles. The van der Waals surface area contributed by atoms with Crippen LogP contribution in [0.3, 0.4) is 0 Å². The lowest BCUT2D eigenvalue weighted by atomic mass is 10.0. The van der Waals surface area contributed by atoms with Gasteiger partial charge < -0.3 is 15.0 Å². The zero-order valence-corrected chi connectivity index (χ0v) is 18.2. The number of rotatable bonds is 5. The molecule has 7 nitrogen and oxygen atoms in total. The summed E-state index contributed by atoms with van der Waals surface area (Å²) in [6.45, 7) is -1.17. The first-order chi connectivity index (χ1) is 16.4. The predicted octanol–water partition coefficient (Wildman–Crippen LogP) is 3.22. The summed E-state index contributed by atoms with van der Waals surface area (Å²) >= 11 is 0. The second kappa shape index (κ2) is 8.91. The van der Waals surface area contributed by atoms with Gasteiger partial charge in [-0.05, 0) is 23.3 Å². The summed E-state index contributed by atoms with van der Waals surface area (Å²) in [5.41, 5.74) is 0.0449. The van der Waals surface area contributed by atoms with E-state index in [1.54, 1.807) is 6.07 Å². The van der Waals surface area contributed by atoms with Crippen LogP contribution in [0.4, 0.5) is 22.0 Å². The molecule has 0 spiro atoms. The molecule has 0 bridgehead atoms. The molecule has 1 N–H and O–H groups in total. The quantitative estimate of drug-likeness (QED) is 0.506. The number of amides is 2. The van der Waals surface area contributed by atoms with Crippen molar-refractivity contribution in [1.82, 2.24) is 10.2 Å². The summed E-state index contributed by atoms with van der Waals surface area (Å²) in [7, 11) is 1.03. The minimum atomic E-state index is -4.96. The Hall–Kier alpha value is -3.54. The molecular formula is C23H19F5N2O5. The predicted molar refractivity (Wildman–Crippen MR) is 110 cm³/mol. The molecule has 2 atom stereocenters. The van der Waals surface area contributed by atoms with E-state index in [0.717, 1.165) is 18.1 Å². The SMILES string of the molecule is COC(=O)[C@@H]1C[C@@H](OC(F)(F)F)CN1C(=O)CNC(=O)c1ccc2c(c1)-c1ccccc1C2(F)F. The first-order valence-corrected chi connectivity index (χ1v) is 10.4. The van der Waals surface area contributed by atoms with Crippen LogP contribution in [-0.4, -0.2) is 61.4 Å². The third kappa shape index (κ3) is 4.70. The van der Waals surface area contributed by atoms with E-state index in [0.29, 0.717) is 0 Å². The van der Waals surface area contributed by atoms with Crippen molar-refractivity contribution in [3.63, 3.8) is 0 Å². The second-order valence-corrected chi connectivity index (χ2v) is 8.07. The number of carbonyl (C=O) groups is 3. The molecule has 0 unspecified atom stereocenters. The lowest BCUT2D eigenvalue weighted by molar-refractivity contribution is -0.340. The molecule has 2 aromatic rings. The Morgan fingerprint density at radius 3 is 2.46 bits per heavy atom. The number of ether oxygens (including phenoxy) is 2. The fraction of sp³-hybridized carbons (Fsp3) is 0.348. The second-order valence-electron chi connectivity index (χ2n) is 8.07. The summed E-state index contributed by atoms with van der Waals surface area (Å²) in [6.07, 6.45) is -6.86. The van der Waals surface area contributed by atoms with E-state index in [4.69, 9.17) is 0 Å². The molecule has 2 amide bonds. The molecule has 1 fully saturated rings. The average molecular weight is 498 g/mol. The van der Waals surface area contributed by atoms with Gasteiger partial charge in [0, 0.05) is 29.7 Å². The highest BCUT2D eigenvalue weighted by Gasteiger charge is 2.46. The summed E-state index contributed by atoms with van der Waals surface area (Å²) in [4.78, 5) is 38.1. The lowest BCUT2D eigenvalue weighted by Gasteiger charge is -2.22. The van der Waals surface area contributed by atoms with Crippen LogP contribution < -0.4 is 5.32 Å². The Morgan fingerprint density at radius 2 is 1.77 bits per heavy atom. The Bertz CT molecular complexity index is 1180. The van der Waals surface area contributed by atoms with Crippen LogP contribution in [0.5, 0.6) is 0 Å². The third-order valence-electron chi connectivity index (χ3n) is 5.93. The van der Waals surface area contributed by atoms with Crippen LogP contribution in [0.15, 0.2) is 42.5 Å². The first kappa shape index (κ1) is 24.6. The third-order valence-corrected chi connectivity index (χ3v) is 5.93. The van der Waals surface area contributed by atoms with Gasteiger partial charge in [0.25, 0.3) is 11.8 Å². The number of methoxy groups -OCH3 is 1. The number of alkyl halides is 5. The minimum Gasteiger partial charge on any atom is -0.467 e. The van der Waals surface area contributed by atoms with Gasteiger partial charge in [0.05, 0.1) is 19.8 Å². The maximum Gasteiger partial charge on any atom is 0.522 e. The number of benzene rings is 2. The molecule has 0 saturated carbocycles. The van der Waals surface area contributed by atoms with Gasteiger partial charge in [0.15, 0.2) is 0 Å². The van der Waals surface area contributed by atoms with E-state index >= 15 is 0 Å². The fourth-order valence-corrected chi connectivity index (χ4v) is 4.39. The fourth-order valence-electron chi connectivity index (χ4n) is 4.39. The molecule has 35 heavy (non-hydrogen) atoms. The van der Waals surface area contributed by atoms with E-state index in [2.05, 4.69) is 14.8 Å². The zero-order chi connectivity index (χ0) is 25.5. The van der Waals surface area contributed by atoms with E-state index in [-0.39, 0.29) is 27.8 Å². The van der Waals surface area contributed by atoms with E-state index in [1.807, 2.05) is 0 Å². The van der Waals surface area contributed by atoms with Crippen LogP contribution >= 0.6 is 0 Å². The van der Waals surface area contributed by atoms with Crippen molar-refractivity contribution in [3.05, 3.63) is 59.2 Å². The minimum absolute atomic E-state index is 0.00766. The van der Waals surface area contributed by atoms with Crippen molar-refractivity contribution >= 4 is 17.8 Å². The van der Waals surface area contributed by atoms with Crippen LogP contribution in [0, 0.1) is 0 Å². The van der Waals surface area contributed by atoms with Crippen LogP contribution in [0.2, 0.25) is 0 Å². The summed E-state index contributed by atoms with van der Waals surface area (Å²) < 4.78 is 75.6. The van der Waals surface area contributed by atoms with Crippen molar-refractivity contribution in [1.29, 1.82) is 0 Å². The standard InChI is InChI=1S/C23H19F5N2O5/c1-34-21(33)18-9-13(35-23(26,27)28)11-30(18)19(31)10-29-20(32)12-6-7-17-15(8-12)14-4-2-3-5-16(14)22(17,24)25/h2-8,13,18H,9-11H2,1H3,(H,29,32)/t13-,18+/m1/s1. The monoisotopic (exact) mass is 498 g/mol. The Morgan fingerprint density at radius 1 is 1.09 bits per heavy atom. The summed E-state index contributed by atoms with van der Waals surface area (Å²) in [5, 5.41) is 2.32. The molecule has 1 saturated heterocycles. The number of nitrogens with zero attached hydrogens (tertiary/aromatic N) is 1. The van der Waals surface area contributed by atoms with Gasteiger partial charge in [-0.3, -0.25) is 14.3 Å². The number of carbonyl (C=O) groups excluding carboxylic acids is 3. The Labute approximate surface area is 195 Å². The highest BCUT2D eigenvalue weighted by atomic mass is 19.4. The van der Waals surface area contributed by atoms with E-state index in [1.165, 1.54) is 30.3 Å². The molecule has 12 heteroatoms. The molecule has 0 radical (unpaired) electrons. The number of nitrogens with one attached hydrogen (secondary N) is 1. The van der Waals surface area contributed by atoms with Crippen molar-refractivity contribution in [3.8, 4) is 11.1 Å². The Kier molecular flexibility index (Phi) is 6.26. The number of hydrogen-bond acceptors (Lipinski definition) is 5. The molecule has 2 aromatic carbocycles. The van der Waals surface area contributed by atoms with Gasteiger partial charge in [-0.1, -0.05) is 30.3 Å². The molecule has 0 aromatic heterocycles. The number of fused-ring (bicyclic) bond motifs is 3. The van der Waals surface area contributed by atoms with Crippen LogP contribution in [-0.2, 0) is 25.0 Å². The normalized spacial score (nSPS) is 20.2. The Balaban J connectivity index is 1.46. The molecule has 4 rings (SSSR count). The topological polar surface area (TPSA) is 84.9 Å². The smallest absolute Gasteiger partial charge is 0.467 e. The number of esters is 1. The lowest BCUT2D eigenvalue weighted by Crippen LogP contribution is -2.46. The number of halogens is 5. The van der Waals surface area contributed by atoms with Gasteiger partial charge in [-0.25, -0.2) is 4.79 Å². The van der Waals surface area contributed by atoms with E-state index < -0.39 is 61.7 Å². The summed E-state index contributed by atoms with van der Waals surface area (Å²) in [6, 6.07) is 8.21. The van der Waals surface area contributed by atoms with Crippen molar-refractivity contribution in [2.24, 2.45) is 0 Å². The largest absolute Gasteiger partial charge is 0.522 e. The number of likely N-dealkylation sites (tertiary alicyclic amines) is 1. The zero-order valence-electron chi connectivity index (χ0n) is 18.2. The van der Waals surface area contributed by atoms with Gasteiger partial charge in [0.2, 0.25) is 5.91 Å². The van der Waals surface area contributed by atoms with Gasteiger partial charge in [0.1, 0.15) is 6.04 Å². The average Bonchev–Trinajstić information content (AvgIpc) is 3.32. The maximum atomic E-state index is 14.7.